The Hall–Kier alpha value is -2.82. The van der Waals surface area contributed by atoms with Crippen LogP contribution in [0.5, 0.6) is 0 Å². The fraction of sp³-hybridized carbons (Fsp3) is 0.263. The maximum atomic E-state index is 11.8. The second-order valence-corrected chi connectivity index (χ2v) is 5.65. The lowest BCUT2D eigenvalue weighted by molar-refractivity contribution is -0.116. The smallest absolute Gasteiger partial charge is 0.224 e. The van der Waals surface area contributed by atoms with Gasteiger partial charge in [0.05, 0.1) is 0 Å². The van der Waals surface area contributed by atoms with E-state index in [-0.39, 0.29) is 11.8 Å². The van der Waals surface area contributed by atoms with Crippen LogP contribution in [-0.2, 0) is 9.59 Å². The number of nitrogens with two attached hydrogens (primary N) is 1. The standard InChI is InChI=1S/C19H23N3O2/c20-15-8-7-11-17(14-15)22-19(24)13-6-2-5-12-18(23)21-16-9-3-1-4-10-16/h1,3-4,7-11,14H,2,5-6,12-13,20H2,(H,21,23)(H,22,24). The van der Waals surface area contributed by atoms with E-state index in [4.69, 9.17) is 5.73 Å². The minimum Gasteiger partial charge on any atom is -0.399 e. The lowest BCUT2D eigenvalue weighted by atomic mass is 10.1. The molecule has 0 radical (unpaired) electrons. The average Bonchev–Trinajstić information content (AvgIpc) is 2.55. The summed E-state index contributed by atoms with van der Waals surface area (Å²) in [5, 5.41) is 5.67. The Bertz CT molecular complexity index is 671. The number of hydrogen-bond donors (Lipinski definition) is 3. The number of rotatable bonds is 8. The summed E-state index contributed by atoms with van der Waals surface area (Å²) >= 11 is 0. The van der Waals surface area contributed by atoms with E-state index in [2.05, 4.69) is 10.6 Å². The molecular formula is C19H23N3O2. The van der Waals surface area contributed by atoms with Gasteiger partial charge in [0.1, 0.15) is 0 Å². The number of para-hydroxylation sites is 1. The quantitative estimate of drug-likeness (QED) is 0.510. The van der Waals surface area contributed by atoms with Gasteiger partial charge in [0.15, 0.2) is 0 Å². The molecule has 2 amide bonds. The molecule has 4 N–H and O–H groups in total. The first-order chi connectivity index (χ1) is 11.6. The zero-order valence-corrected chi connectivity index (χ0v) is 13.6. The number of benzene rings is 2. The molecule has 0 aromatic heterocycles. The fourth-order valence-corrected chi connectivity index (χ4v) is 2.33. The Morgan fingerprint density at radius 2 is 1.33 bits per heavy atom. The van der Waals surface area contributed by atoms with E-state index in [1.165, 1.54) is 0 Å². The van der Waals surface area contributed by atoms with Gasteiger partial charge >= 0.3 is 0 Å². The van der Waals surface area contributed by atoms with Gasteiger partial charge in [-0.3, -0.25) is 9.59 Å². The maximum Gasteiger partial charge on any atom is 0.224 e. The van der Waals surface area contributed by atoms with Crippen LogP contribution in [0.4, 0.5) is 17.1 Å². The summed E-state index contributed by atoms with van der Waals surface area (Å²) in [4.78, 5) is 23.6. The van der Waals surface area contributed by atoms with Crippen molar-refractivity contribution in [2.75, 3.05) is 16.4 Å². The van der Waals surface area contributed by atoms with Crippen LogP contribution in [0.25, 0.3) is 0 Å². The number of unbranched alkanes of at least 4 members (excludes halogenated alkanes) is 2. The van der Waals surface area contributed by atoms with Crippen LogP contribution in [0.15, 0.2) is 54.6 Å². The molecule has 0 fully saturated rings. The van der Waals surface area contributed by atoms with Crippen LogP contribution in [0.2, 0.25) is 0 Å². The van der Waals surface area contributed by atoms with Crippen LogP contribution < -0.4 is 16.4 Å². The normalized spacial score (nSPS) is 10.2. The van der Waals surface area contributed by atoms with Crippen molar-refractivity contribution in [2.45, 2.75) is 32.1 Å². The lowest BCUT2D eigenvalue weighted by Crippen LogP contribution is -2.12. The summed E-state index contributed by atoms with van der Waals surface area (Å²) in [5.41, 5.74) is 7.81. The predicted molar refractivity (Wildman–Crippen MR) is 97.6 cm³/mol. The molecule has 0 saturated heterocycles. The topological polar surface area (TPSA) is 84.2 Å². The molecule has 126 valence electrons. The monoisotopic (exact) mass is 325 g/mol. The third-order valence-electron chi connectivity index (χ3n) is 3.54. The number of nitrogen functional groups attached to an aromatic ring is 1. The number of carbonyl (C=O) groups excluding carboxylic acids is 2. The summed E-state index contributed by atoms with van der Waals surface area (Å²) in [5.74, 6) is -0.0280. The molecule has 0 spiro atoms. The van der Waals surface area contributed by atoms with Crippen molar-refractivity contribution >= 4 is 28.9 Å². The Morgan fingerprint density at radius 3 is 1.96 bits per heavy atom. The molecule has 0 saturated carbocycles. The highest BCUT2D eigenvalue weighted by atomic mass is 16.2. The highest BCUT2D eigenvalue weighted by Crippen LogP contribution is 2.13. The van der Waals surface area contributed by atoms with Crippen LogP contribution in [0, 0.1) is 0 Å². The van der Waals surface area contributed by atoms with E-state index in [9.17, 15) is 9.59 Å². The van der Waals surface area contributed by atoms with E-state index in [1.807, 2.05) is 36.4 Å². The van der Waals surface area contributed by atoms with E-state index in [1.54, 1.807) is 18.2 Å². The maximum absolute atomic E-state index is 11.8. The zero-order valence-electron chi connectivity index (χ0n) is 13.6. The first-order valence-corrected chi connectivity index (χ1v) is 8.14. The molecule has 5 heteroatoms. The first kappa shape index (κ1) is 17.5. The van der Waals surface area contributed by atoms with Gasteiger partial charge in [-0.15, -0.1) is 0 Å². The van der Waals surface area contributed by atoms with Crippen molar-refractivity contribution in [3.63, 3.8) is 0 Å². The van der Waals surface area contributed by atoms with Gasteiger partial charge in [-0.25, -0.2) is 0 Å². The molecule has 0 unspecified atom stereocenters. The third-order valence-corrected chi connectivity index (χ3v) is 3.54. The average molecular weight is 325 g/mol. The van der Waals surface area contributed by atoms with E-state index >= 15 is 0 Å². The third kappa shape index (κ3) is 6.52. The summed E-state index contributed by atoms with van der Waals surface area (Å²) < 4.78 is 0. The number of nitrogens with one attached hydrogen (secondary N) is 2. The molecule has 0 atom stereocenters. The predicted octanol–water partition coefficient (Wildman–Crippen LogP) is 3.80. The van der Waals surface area contributed by atoms with Crippen LogP contribution >= 0.6 is 0 Å². The largest absolute Gasteiger partial charge is 0.399 e. The Kier molecular flexibility index (Phi) is 6.83. The molecule has 0 aliphatic carbocycles. The first-order valence-electron chi connectivity index (χ1n) is 8.14. The lowest BCUT2D eigenvalue weighted by Gasteiger charge is -2.06. The number of amides is 2. The molecule has 2 aromatic rings. The molecule has 2 rings (SSSR count). The minimum atomic E-state index is -0.0330. The number of hydrogen-bond acceptors (Lipinski definition) is 3. The summed E-state index contributed by atoms with van der Waals surface area (Å²) in [6.45, 7) is 0. The Balaban J connectivity index is 1.57. The van der Waals surface area contributed by atoms with Gasteiger partial charge < -0.3 is 16.4 Å². The highest BCUT2D eigenvalue weighted by molar-refractivity contribution is 5.91. The van der Waals surface area contributed by atoms with Crippen molar-refractivity contribution < 1.29 is 9.59 Å². The van der Waals surface area contributed by atoms with Gasteiger partial charge in [-0.1, -0.05) is 30.7 Å². The highest BCUT2D eigenvalue weighted by Gasteiger charge is 2.04. The fourth-order valence-electron chi connectivity index (χ4n) is 2.33. The zero-order chi connectivity index (χ0) is 17.2. The van der Waals surface area contributed by atoms with Crippen molar-refractivity contribution in [3.8, 4) is 0 Å². The molecule has 5 nitrogen and oxygen atoms in total. The summed E-state index contributed by atoms with van der Waals surface area (Å²) in [6.07, 6.45) is 3.27. The molecule has 0 bridgehead atoms. The minimum absolute atomic E-state index is 0.00501. The second-order valence-electron chi connectivity index (χ2n) is 5.65. The Labute approximate surface area is 142 Å². The number of carbonyl (C=O) groups is 2. The summed E-state index contributed by atoms with van der Waals surface area (Å²) in [7, 11) is 0. The Morgan fingerprint density at radius 1 is 0.750 bits per heavy atom. The molecule has 24 heavy (non-hydrogen) atoms. The molecule has 0 aliphatic heterocycles. The molecule has 2 aromatic carbocycles. The van der Waals surface area contributed by atoms with E-state index in [0.29, 0.717) is 24.2 Å². The SMILES string of the molecule is Nc1cccc(NC(=O)CCCCCC(=O)Nc2ccccc2)c1. The van der Waals surface area contributed by atoms with Gasteiger partial charge in [0, 0.05) is 29.9 Å². The van der Waals surface area contributed by atoms with Crippen molar-refractivity contribution in [3.05, 3.63) is 54.6 Å². The molecule has 0 aliphatic rings. The van der Waals surface area contributed by atoms with Gasteiger partial charge in [-0.05, 0) is 43.2 Å². The van der Waals surface area contributed by atoms with Gasteiger partial charge in [-0.2, -0.15) is 0 Å². The van der Waals surface area contributed by atoms with Crippen molar-refractivity contribution in [1.82, 2.24) is 0 Å². The molecular weight excluding hydrogens is 302 g/mol. The van der Waals surface area contributed by atoms with Crippen molar-refractivity contribution in [2.24, 2.45) is 0 Å². The van der Waals surface area contributed by atoms with E-state index in [0.717, 1.165) is 24.9 Å². The number of anilines is 3. The second kappa shape index (κ2) is 9.35. The van der Waals surface area contributed by atoms with Crippen LogP contribution in [-0.4, -0.2) is 11.8 Å². The molecule has 0 heterocycles. The summed E-state index contributed by atoms with van der Waals surface area (Å²) in [6, 6.07) is 16.5. The van der Waals surface area contributed by atoms with Gasteiger partial charge in [0.25, 0.3) is 0 Å². The van der Waals surface area contributed by atoms with Gasteiger partial charge in [0.2, 0.25) is 11.8 Å². The van der Waals surface area contributed by atoms with Crippen LogP contribution in [0.1, 0.15) is 32.1 Å². The van der Waals surface area contributed by atoms with Crippen molar-refractivity contribution in [1.29, 1.82) is 0 Å². The van der Waals surface area contributed by atoms with E-state index < -0.39 is 0 Å². The van der Waals surface area contributed by atoms with Crippen LogP contribution in [0.3, 0.4) is 0 Å².